The molecule has 0 aliphatic rings. The summed E-state index contributed by atoms with van der Waals surface area (Å²) in [5.41, 5.74) is 1.57. The first-order chi connectivity index (χ1) is 8.22. The molecule has 0 saturated heterocycles. The van der Waals surface area contributed by atoms with Gasteiger partial charge in [0.15, 0.2) is 5.88 Å². The average Bonchev–Trinajstić information content (AvgIpc) is 2.61. The maximum atomic E-state index is 9.79. The zero-order valence-electron chi connectivity index (χ0n) is 9.70. The van der Waals surface area contributed by atoms with Crippen molar-refractivity contribution in [3.05, 3.63) is 28.8 Å². The first kappa shape index (κ1) is 12.0. The second kappa shape index (κ2) is 5.23. The summed E-state index contributed by atoms with van der Waals surface area (Å²) in [4.78, 5) is 7.20. The Kier molecular flexibility index (Phi) is 3.69. The van der Waals surface area contributed by atoms with Gasteiger partial charge in [0.2, 0.25) is 0 Å². The number of H-pyrrole nitrogens is 1. The van der Waals surface area contributed by atoms with Gasteiger partial charge in [-0.2, -0.15) is 0 Å². The zero-order valence-corrected chi connectivity index (χ0v) is 10.5. The van der Waals surface area contributed by atoms with Crippen molar-refractivity contribution in [2.24, 2.45) is 4.99 Å². The third-order valence-corrected chi connectivity index (χ3v) is 2.88. The molecule has 3 nitrogen and oxygen atoms in total. The van der Waals surface area contributed by atoms with Crippen LogP contribution in [0.3, 0.4) is 0 Å². The number of aromatic nitrogens is 1. The number of aliphatic imine (C=N–C) groups is 1. The van der Waals surface area contributed by atoms with Crippen LogP contribution in [0.25, 0.3) is 10.9 Å². The highest BCUT2D eigenvalue weighted by Crippen LogP contribution is 2.27. The molecule has 90 valence electrons. The van der Waals surface area contributed by atoms with E-state index in [1.807, 2.05) is 12.1 Å². The highest BCUT2D eigenvalue weighted by molar-refractivity contribution is 6.31. The Morgan fingerprint density at radius 2 is 2.29 bits per heavy atom. The Labute approximate surface area is 105 Å². The Morgan fingerprint density at radius 1 is 1.47 bits per heavy atom. The fourth-order valence-electron chi connectivity index (χ4n) is 1.71. The predicted molar refractivity (Wildman–Crippen MR) is 72.3 cm³/mol. The van der Waals surface area contributed by atoms with Crippen molar-refractivity contribution < 1.29 is 5.11 Å². The van der Waals surface area contributed by atoms with Crippen LogP contribution in [0.5, 0.6) is 5.88 Å². The minimum atomic E-state index is 0.141. The van der Waals surface area contributed by atoms with E-state index < -0.39 is 0 Å². The van der Waals surface area contributed by atoms with Gasteiger partial charge < -0.3 is 10.1 Å². The number of aromatic amines is 1. The predicted octanol–water partition coefficient (Wildman–Crippen LogP) is 3.75. The SMILES string of the molecule is CCCCN=Cc1c(O)[nH]c2ccc(Cl)cc12. The van der Waals surface area contributed by atoms with Crippen molar-refractivity contribution >= 4 is 28.7 Å². The Balaban J connectivity index is 2.35. The van der Waals surface area contributed by atoms with Gasteiger partial charge in [-0.15, -0.1) is 0 Å². The Hall–Kier alpha value is -1.48. The third kappa shape index (κ3) is 2.61. The van der Waals surface area contributed by atoms with E-state index in [-0.39, 0.29) is 5.88 Å². The molecule has 0 unspecified atom stereocenters. The minimum absolute atomic E-state index is 0.141. The van der Waals surface area contributed by atoms with Gasteiger partial charge in [-0.25, -0.2) is 0 Å². The minimum Gasteiger partial charge on any atom is -0.494 e. The van der Waals surface area contributed by atoms with Gasteiger partial charge in [0.05, 0.1) is 5.56 Å². The molecule has 0 saturated carbocycles. The quantitative estimate of drug-likeness (QED) is 0.630. The molecule has 2 rings (SSSR count). The first-order valence-electron chi connectivity index (χ1n) is 5.72. The van der Waals surface area contributed by atoms with Crippen molar-refractivity contribution in [1.29, 1.82) is 0 Å². The maximum Gasteiger partial charge on any atom is 0.198 e. The highest BCUT2D eigenvalue weighted by Gasteiger charge is 2.08. The number of nitrogens with zero attached hydrogens (tertiary/aromatic N) is 1. The number of halogens is 1. The summed E-state index contributed by atoms with van der Waals surface area (Å²) < 4.78 is 0. The van der Waals surface area contributed by atoms with Gasteiger partial charge in [-0.1, -0.05) is 24.9 Å². The van der Waals surface area contributed by atoms with Gasteiger partial charge >= 0.3 is 0 Å². The number of fused-ring (bicyclic) bond motifs is 1. The molecule has 0 amide bonds. The van der Waals surface area contributed by atoms with Crippen LogP contribution in [0.15, 0.2) is 23.2 Å². The molecule has 1 heterocycles. The van der Waals surface area contributed by atoms with Crippen LogP contribution >= 0.6 is 11.6 Å². The molecule has 0 atom stereocenters. The molecule has 17 heavy (non-hydrogen) atoms. The van der Waals surface area contributed by atoms with Gasteiger partial charge in [-0.05, 0) is 24.6 Å². The zero-order chi connectivity index (χ0) is 12.3. The summed E-state index contributed by atoms with van der Waals surface area (Å²) in [7, 11) is 0. The normalized spacial score (nSPS) is 11.6. The van der Waals surface area contributed by atoms with E-state index in [1.165, 1.54) is 0 Å². The number of hydrogen-bond acceptors (Lipinski definition) is 2. The van der Waals surface area contributed by atoms with Gasteiger partial charge in [0.1, 0.15) is 0 Å². The van der Waals surface area contributed by atoms with E-state index in [4.69, 9.17) is 11.6 Å². The van der Waals surface area contributed by atoms with Crippen LogP contribution in [0.2, 0.25) is 5.02 Å². The monoisotopic (exact) mass is 250 g/mol. The molecule has 0 spiro atoms. The molecule has 0 bridgehead atoms. The fourth-order valence-corrected chi connectivity index (χ4v) is 1.88. The van der Waals surface area contributed by atoms with Crippen LogP contribution in [-0.4, -0.2) is 22.8 Å². The average molecular weight is 251 g/mol. The molecule has 0 aliphatic carbocycles. The Morgan fingerprint density at radius 3 is 3.06 bits per heavy atom. The molecule has 2 aromatic rings. The summed E-state index contributed by atoms with van der Waals surface area (Å²) in [6.45, 7) is 2.90. The summed E-state index contributed by atoms with van der Waals surface area (Å²) in [5.74, 6) is 0.141. The molecule has 0 aliphatic heterocycles. The third-order valence-electron chi connectivity index (χ3n) is 2.64. The second-order valence-electron chi connectivity index (χ2n) is 3.97. The van der Waals surface area contributed by atoms with Crippen molar-refractivity contribution in [3.63, 3.8) is 0 Å². The van der Waals surface area contributed by atoms with E-state index in [0.29, 0.717) is 10.6 Å². The number of unbranched alkanes of at least 4 members (excludes halogenated alkanes) is 1. The van der Waals surface area contributed by atoms with Gasteiger partial charge in [0.25, 0.3) is 0 Å². The first-order valence-corrected chi connectivity index (χ1v) is 6.10. The molecule has 1 aromatic carbocycles. The fraction of sp³-hybridized carbons (Fsp3) is 0.308. The van der Waals surface area contributed by atoms with Crippen LogP contribution in [0, 0.1) is 0 Å². The second-order valence-corrected chi connectivity index (χ2v) is 4.40. The van der Waals surface area contributed by atoms with E-state index in [9.17, 15) is 5.11 Å². The molecule has 4 heteroatoms. The van der Waals surface area contributed by atoms with Gasteiger partial charge in [-0.3, -0.25) is 4.99 Å². The molecule has 1 aromatic heterocycles. The lowest BCUT2D eigenvalue weighted by atomic mass is 10.2. The van der Waals surface area contributed by atoms with Crippen LogP contribution < -0.4 is 0 Å². The van der Waals surface area contributed by atoms with Gasteiger partial charge in [0, 0.05) is 28.7 Å². The van der Waals surface area contributed by atoms with E-state index >= 15 is 0 Å². The highest BCUT2D eigenvalue weighted by atomic mass is 35.5. The van der Waals surface area contributed by atoms with Crippen LogP contribution in [-0.2, 0) is 0 Å². The maximum absolute atomic E-state index is 9.79. The summed E-state index contributed by atoms with van der Waals surface area (Å²) in [6, 6.07) is 5.47. The smallest absolute Gasteiger partial charge is 0.198 e. The van der Waals surface area contributed by atoms with Crippen molar-refractivity contribution in [1.82, 2.24) is 4.98 Å². The Bertz CT molecular complexity index is 546. The largest absolute Gasteiger partial charge is 0.494 e. The molecular formula is C13H15ClN2O. The lowest BCUT2D eigenvalue weighted by molar-refractivity contribution is 0.457. The standard InChI is InChI=1S/C13H15ClN2O/c1-2-3-6-15-8-11-10-7-9(14)4-5-12(10)16-13(11)17/h4-5,7-8,16-17H,2-3,6H2,1H3. The van der Waals surface area contributed by atoms with E-state index in [1.54, 1.807) is 12.3 Å². The lowest BCUT2D eigenvalue weighted by Crippen LogP contribution is -1.83. The van der Waals surface area contributed by atoms with Crippen LogP contribution in [0.1, 0.15) is 25.3 Å². The van der Waals surface area contributed by atoms with E-state index in [0.717, 1.165) is 30.3 Å². The number of hydrogen-bond donors (Lipinski definition) is 2. The topological polar surface area (TPSA) is 48.4 Å². The molecule has 0 fully saturated rings. The summed E-state index contributed by atoms with van der Waals surface area (Å²) in [5, 5.41) is 11.3. The van der Waals surface area contributed by atoms with Crippen molar-refractivity contribution in [2.45, 2.75) is 19.8 Å². The van der Waals surface area contributed by atoms with E-state index in [2.05, 4.69) is 16.9 Å². The van der Waals surface area contributed by atoms with Crippen molar-refractivity contribution in [3.8, 4) is 5.88 Å². The number of rotatable bonds is 4. The summed E-state index contributed by atoms with van der Waals surface area (Å²) >= 11 is 5.94. The van der Waals surface area contributed by atoms with Crippen LogP contribution in [0.4, 0.5) is 0 Å². The molecule has 0 radical (unpaired) electrons. The number of benzene rings is 1. The van der Waals surface area contributed by atoms with Crippen molar-refractivity contribution in [2.75, 3.05) is 6.54 Å². The molecular weight excluding hydrogens is 236 g/mol. The summed E-state index contributed by atoms with van der Waals surface area (Å²) in [6.07, 6.45) is 3.88. The number of nitrogens with one attached hydrogen (secondary N) is 1. The lowest BCUT2D eigenvalue weighted by Gasteiger charge is -1.94. The molecule has 2 N–H and O–H groups in total. The number of aromatic hydroxyl groups is 1.